The van der Waals surface area contributed by atoms with Gasteiger partial charge in [0, 0.05) is 3.57 Å². The Kier molecular flexibility index (Phi) is 4.94. The summed E-state index contributed by atoms with van der Waals surface area (Å²) in [5.74, 6) is -0.266. The average Bonchev–Trinajstić information content (AvgIpc) is 2.44. The standard InChI is InChI=1S/C15H13FINO2/c1-10(20-12-8-6-11(17)7-9-12)15(19)18-14-5-3-2-4-13(14)16/h2-10H,1H3,(H,18,19)/t10-/m1/s1. The molecule has 0 aliphatic carbocycles. The monoisotopic (exact) mass is 385 g/mol. The predicted molar refractivity (Wildman–Crippen MR) is 84.3 cm³/mol. The molecule has 0 radical (unpaired) electrons. The van der Waals surface area contributed by atoms with Crippen molar-refractivity contribution in [2.24, 2.45) is 0 Å². The van der Waals surface area contributed by atoms with Gasteiger partial charge in [0.25, 0.3) is 5.91 Å². The number of ether oxygens (including phenoxy) is 1. The molecule has 0 fully saturated rings. The van der Waals surface area contributed by atoms with E-state index in [0.29, 0.717) is 5.75 Å². The number of para-hydroxylation sites is 1. The number of nitrogens with one attached hydrogen (secondary N) is 1. The molecule has 2 rings (SSSR count). The Balaban J connectivity index is 1.99. The SMILES string of the molecule is C[C@@H](Oc1ccc(I)cc1)C(=O)Nc1ccccc1F. The molecule has 0 aliphatic rings. The number of carbonyl (C=O) groups excluding carboxylic acids is 1. The van der Waals surface area contributed by atoms with Crippen molar-refractivity contribution < 1.29 is 13.9 Å². The van der Waals surface area contributed by atoms with Crippen molar-refractivity contribution in [3.8, 4) is 5.75 Å². The van der Waals surface area contributed by atoms with Gasteiger partial charge in [-0.1, -0.05) is 12.1 Å². The molecule has 0 spiro atoms. The summed E-state index contributed by atoms with van der Waals surface area (Å²) in [4.78, 5) is 11.9. The van der Waals surface area contributed by atoms with E-state index in [4.69, 9.17) is 4.74 Å². The molecule has 0 aromatic heterocycles. The van der Waals surface area contributed by atoms with E-state index < -0.39 is 17.8 Å². The van der Waals surface area contributed by atoms with Crippen molar-refractivity contribution >= 4 is 34.2 Å². The summed E-state index contributed by atoms with van der Waals surface area (Å²) in [5, 5.41) is 2.50. The van der Waals surface area contributed by atoms with Crippen LogP contribution in [-0.2, 0) is 4.79 Å². The predicted octanol–water partition coefficient (Wildman–Crippen LogP) is 3.84. The van der Waals surface area contributed by atoms with Crippen LogP contribution in [0.4, 0.5) is 10.1 Å². The van der Waals surface area contributed by atoms with Crippen LogP contribution in [0.25, 0.3) is 0 Å². The highest BCUT2D eigenvalue weighted by Gasteiger charge is 2.16. The Bertz CT molecular complexity index is 601. The molecule has 0 saturated heterocycles. The topological polar surface area (TPSA) is 38.3 Å². The van der Waals surface area contributed by atoms with Crippen LogP contribution in [-0.4, -0.2) is 12.0 Å². The van der Waals surface area contributed by atoms with Crippen molar-refractivity contribution in [1.82, 2.24) is 0 Å². The second-order valence-electron chi connectivity index (χ2n) is 4.18. The van der Waals surface area contributed by atoms with E-state index in [2.05, 4.69) is 27.9 Å². The van der Waals surface area contributed by atoms with Gasteiger partial charge in [0.1, 0.15) is 11.6 Å². The quantitative estimate of drug-likeness (QED) is 0.813. The summed E-state index contributed by atoms with van der Waals surface area (Å²) in [7, 11) is 0. The zero-order valence-corrected chi connectivity index (χ0v) is 12.9. The molecular weight excluding hydrogens is 372 g/mol. The molecule has 5 heteroatoms. The first-order chi connectivity index (χ1) is 9.56. The second-order valence-corrected chi connectivity index (χ2v) is 5.43. The molecule has 0 heterocycles. The third-order valence-electron chi connectivity index (χ3n) is 2.63. The van der Waals surface area contributed by atoms with E-state index in [-0.39, 0.29) is 5.69 Å². The average molecular weight is 385 g/mol. The van der Waals surface area contributed by atoms with Crippen molar-refractivity contribution in [2.75, 3.05) is 5.32 Å². The lowest BCUT2D eigenvalue weighted by Crippen LogP contribution is -2.30. The lowest BCUT2D eigenvalue weighted by Gasteiger charge is -2.15. The Labute approximate surface area is 130 Å². The molecule has 0 aliphatic heterocycles. The number of rotatable bonds is 4. The van der Waals surface area contributed by atoms with Gasteiger partial charge in [-0.05, 0) is 65.9 Å². The Morgan fingerprint density at radius 3 is 2.50 bits per heavy atom. The van der Waals surface area contributed by atoms with Crippen LogP contribution in [0.2, 0.25) is 0 Å². The van der Waals surface area contributed by atoms with E-state index in [1.165, 1.54) is 12.1 Å². The van der Waals surface area contributed by atoms with Gasteiger partial charge in [0.05, 0.1) is 5.69 Å². The number of halogens is 2. The molecule has 0 bridgehead atoms. The fourth-order valence-corrected chi connectivity index (χ4v) is 1.93. The van der Waals surface area contributed by atoms with Gasteiger partial charge in [-0.2, -0.15) is 0 Å². The molecular formula is C15H13FINO2. The largest absolute Gasteiger partial charge is 0.481 e. The van der Waals surface area contributed by atoms with Crippen LogP contribution in [0.3, 0.4) is 0 Å². The zero-order valence-electron chi connectivity index (χ0n) is 10.8. The molecule has 1 amide bonds. The summed E-state index contributed by atoms with van der Waals surface area (Å²) in [6.07, 6.45) is -0.713. The third-order valence-corrected chi connectivity index (χ3v) is 3.35. The fourth-order valence-electron chi connectivity index (χ4n) is 1.57. The van der Waals surface area contributed by atoms with Gasteiger partial charge >= 0.3 is 0 Å². The minimum absolute atomic E-state index is 0.149. The molecule has 1 N–H and O–H groups in total. The summed E-state index contributed by atoms with van der Waals surface area (Å²) in [6.45, 7) is 1.62. The molecule has 104 valence electrons. The van der Waals surface area contributed by atoms with E-state index in [1.54, 1.807) is 31.2 Å². The Morgan fingerprint density at radius 1 is 1.20 bits per heavy atom. The lowest BCUT2D eigenvalue weighted by atomic mass is 10.3. The van der Waals surface area contributed by atoms with Crippen molar-refractivity contribution in [1.29, 1.82) is 0 Å². The first-order valence-corrected chi connectivity index (χ1v) is 7.12. The maximum absolute atomic E-state index is 13.4. The van der Waals surface area contributed by atoms with E-state index in [0.717, 1.165) is 3.57 Å². The Morgan fingerprint density at radius 2 is 1.85 bits per heavy atom. The smallest absolute Gasteiger partial charge is 0.265 e. The minimum atomic E-state index is -0.713. The summed E-state index contributed by atoms with van der Waals surface area (Å²) in [6, 6.07) is 13.4. The van der Waals surface area contributed by atoms with E-state index >= 15 is 0 Å². The molecule has 1 atom stereocenters. The Hall–Kier alpha value is -1.63. The summed E-state index contributed by atoms with van der Waals surface area (Å²) < 4.78 is 20.0. The van der Waals surface area contributed by atoms with Gasteiger partial charge < -0.3 is 10.1 Å². The number of benzene rings is 2. The molecule has 2 aromatic carbocycles. The molecule has 20 heavy (non-hydrogen) atoms. The van der Waals surface area contributed by atoms with Gasteiger partial charge in [-0.25, -0.2) is 4.39 Å². The highest BCUT2D eigenvalue weighted by molar-refractivity contribution is 14.1. The second kappa shape index (κ2) is 6.69. The number of hydrogen-bond acceptors (Lipinski definition) is 2. The van der Waals surface area contributed by atoms with Gasteiger partial charge in [-0.15, -0.1) is 0 Å². The van der Waals surface area contributed by atoms with E-state index in [1.807, 2.05) is 12.1 Å². The van der Waals surface area contributed by atoms with Crippen LogP contribution in [0.5, 0.6) is 5.75 Å². The van der Waals surface area contributed by atoms with Crippen LogP contribution in [0.15, 0.2) is 48.5 Å². The highest BCUT2D eigenvalue weighted by Crippen LogP contribution is 2.17. The maximum Gasteiger partial charge on any atom is 0.265 e. The first kappa shape index (κ1) is 14.8. The highest BCUT2D eigenvalue weighted by atomic mass is 127. The van der Waals surface area contributed by atoms with Crippen LogP contribution in [0.1, 0.15) is 6.92 Å². The molecule has 2 aromatic rings. The van der Waals surface area contributed by atoms with Crippen molar-refractivity contribution in [3.05, 3.63) is 57.9 Å². The first-order valence-electron chi connectivity index (χ1n) is 6.04. The van der Waals surface area contributed by atoms with Gasteiger partial charge in [0.2, 0.25) is 0 Å². The number of carbonyl (C=O) groups is 1. The lowest BCUT2D eigenvalue weighted by molar-refractivity contribution is -0.122. The number of hydrogen-bond donors (Lipinski definition) is 1. The molecule has 3 nitrogen and oxygen atoms in total. The van der Waals surface area contributed by atoms with Crippen molar-refractivity contribution in [2.45, 2.75) is 13.0 Å². The molecule has 0 saturated carbocycles. The summed E-state index contributed by atoms with van der Waals surface area (Å²) >= 11 is 2.19. The van der Waals surface area contributed by atoms with Gasteiger partial charge in [-0.3, -0.25) is 4.79 Å². The fraction of sp³-hybridized carbons (Fsp3) is 0.133. The number of anilines is 1. The van der Waals surface area contributed by atoms with Crippen LogP contribution >= 0.6 is 22.6 Å². The van der Waals surface area contributed by atoms with Crippen LogP contribution in [0, 0.1) is 9.39 Å². The minimum Gasteiger partial charge on any atom is -0.481 e. The maximum atomic E-state index is 13.4. The van der Waals surface area contributed by atoms with Crippen molar-refractivity contribution in [3.63, 3.8) is 0 Å². The van der Waals surface area contributed by atoms with Gasteiger partial charge in [0.15, 0.2) is 6.10 Å². The zero-order chi connectivity index (χ0) is 14.5. The van der Waals surface area contributed by atoms with Crippen LogP contribution < -0.4 is 10.1 Å². The van der Waals surface area contributed by atoms with E-state index in [9.17, 15) is 9.18 Å². The molecule has 0 unspecified atom stereocenters. The third kappa shape index (κ3) is 3.93. The summed E-state index contributed by atoms with van der Waals surface area (Å²) in [5.41, 5.74) is 0.149. The normalized spacial score (nSPS) is 11.8. The number of amides is 1.